The highest BCUT2D eigenvalue weighted by atomic mass is 19.4. The molecule has 1 aliphatic rings. The molecule has 2 aromatic carbocycles. The molecule has 0 saturated heterocycles. The van der Waals surface area contributed by atoms with Gasteiger partial charge in [-0.05, 0) is 48.7 Å². The van der Waals surface area contributed by atoms with Gasteiger partial charge >= 0.3 is 6.18 Å². The van der Waals surface area contributed by atoms with Crippen LogP contribution in [0.4, 0.5) is 30.2 Å². The number of benzene rings is 2. The number of aliphatic imine (C=N–C) groups is 1. The number of methoxy groups -OCH3 is 1. The Morgan fingerprint density at radius 2 is 2.07 bits per heavy atom. The SMILES string of the molecule is CCC(COC)Nc1ccc(N=CC2C(=O)Nc3cccc(C)c32)cc1C(F)(F)F. The Bertz CT molecular complexity index is 957. The van der Waals surface area contributed by atoms with Crippen LogP contribution in [0.1, 0.15) is 36.0 Å². The second kappa shape index (κ2) is 8.87. The Balaban J connectivity index is 1.90. The van der Waals surface area contributed by atoms with Gasteiger partial charge in [-0.3, -0.25) is 9.79 Å². The predicted octanol–water partition coefficient (Wildman–Crippen LogP) is 5.29. The van der Waals surface area contributed by atoms with Crippen LogP contribution in [0.15, 0.2) is 41.4 Å². The quantitative estimate of drug-likeness (QED) is 0.600. The summed E-state index contributed by atoms with van der Waals surface area (Å²) in [7, 11) is 1.51. The number of halogens is 3. The molecule has 8 heteroatoms. The fraction of sp³-hybridized carbons (Fsp3) is 0.364. The molecule has 0 aromatic heterocycles. The summed E-state index contributed by atoms with van der Waals surface area (Å²) in [6.45, 7) is 4.05. The van der Waals surface area contributed by atoms with Crippen LogP contribution in [0.3, 0.4) is 0 Å². The maximum Gasteiger partial charge on any atom is 0.418 e. The van der Waals surface area contributed by atoms with Gasteiger partial charge in [0.25, 0.3) is 0 Å². The van der Waals surface area contributed by atoms with E-state index in [0.29, 0.717) is 18.7 Å². The number of aryl methyl sites for hydroxylation is 1. The van der Waals surface area contributed by atoms with Crippen LogP contribution in [0.2, 0.25) is 0 Å². The predicted molar refractivity (Wildman–Crippen MR) is 112 cm³/mol. The number of hydrogen-bond donors (Lipinski definition) is 2. The molecular formula is C22H24F3N3O2. The van der Waals surface area contributed by atoms with Gasteiger partial charge in [-0.2, -0.15) is 13.2 Å². The Morgan fingerprint density at radius 1 is 1.30 bits per heavy atom. The Morgan fingerprint density at radius 3 is 2.73 bits per heavy atom. The molecule has 2 N–H and O–H groups in total. The van der Waals surface area contributed by atoms with Crippen LogP contribution in [0.25, 0.3) is 0 Å². The van der Waals surface area contributed by atoms with E-state index < -0.39 is 17.7 Å². The molecule has 1 heterocycles. The Kier molecular flexibility index (Phi) is 6.45. The van der Waals surface area contributed by atoms with Crippen molar-refractivity contribution in [2.75, 3.05) is 24.4 Å². The first-order valence-electron chi connectivity index (χ1n) is 9.65. The van der Waals surface area contributed by atoms with E-state index in [1.54, 1.807) is 6.07 Å². The number of hydrogen-bond acceptors (Lipinski definition) is 4. The van der Waals surface area contributed by atoms with Crippen molar-refractivity contribution >= 4 is 29.2 Å². The van der Waals surface area contributed by atoms with E-state index in [4.69, 9.17) is 4.74 Å². The molecule has 0 saturated carbocycles. The Hall–Kier alpha value is -2.87. The van der Waals surface area contributed by atoms with Gasteiger partial charge < -0.3 is 15.4 Å². The highest BCUT2D eigenvalue weighted by Crippen LogP contribution is 2.38. The minimum atomic E-state index is -4.55. The summed E-state index contributed by atoms with van der Waals surface area (Å²) in [4.78, 5) is 16.5. The van der Waals surface area contributed by atoms with E-state index >= 15 is 0 Å². The Labute approximate surface area is 173 Å². The standard InChI is InChI=1S/C22H24F3N3O2/c1-4-14(12-30-3)27-18-9-8-15(10-17(18)22(23,24)25)26-11-16-20-13(2)6-5-7-19(20)28-21(16)29/h5-11,14,16,27H,4,12H2,1-3H3,(H,28,29). The molecule has 2 aromatic rings. The van der Waals surface area contributed by atoms with Gasteiger partial charge in [0.05, 0.1) is 17.9 Å². The number of anilines is 2. The third-order valence-electron chi connectivity index (χ3n) is 5.08. The van der Waals surface area contributed by atoms with Gasteiger partial charge in [-0.25, -0.2) is 0 Å². The number of alkyl halides is 3. The summed E-state index contributed by atoms with van der Waals surface area (Å²) in [6.07, 6.45) is -2.54. The number of nitrogens with zero attached hydrogens (tertiary/aromatic N) is 1. The van der Waals surface area contributed by atoms with E-state index in [1.807, 2.05) is 26.0 Å². The summed E-state index contributed by atoms with van der Waals surface area (Å²) >= 11 is 0. The first kappa shape index (κ1) is 21.8. The van der Waals surface area contributed by atoms with Gasteiger partial charge in [-0.15, -0.1) is 0 Å². The molecule has 30 heavy (non-hydrogen) atoms. The monoisotopic (exact) mass is 419 g/mol. The molecule has 0 spiro atoms. The number of amides is 1. The lowest BCUT2D eigenvalue weighted by atomic mass is 9.97. The average Bonchev–Trinajstić information content (AvgIpc) is 3.02. The molecular weight excluding hydrogens is 395 g/mol. The normalized spacial score (nSPS) is 17.1. The van der Waals surface area contributed by atoms with Gasteiger partial charge in [-0.1, -0.05) is 19.1 Å². The maximum atomic E-state index is 13.6. The van der Waals surface area contributed by atoms with Crippen molar-refractivity contribution in [3.63, 3.8) is 0 Å². The highest BCUT2D eigenvalue weighted by Gasteiger charge is 2.34. The summed E-state index contributed by atoms with van der Waals surface area (Å²) < 4.78 is 46.0. The second-order valence-corrected chi connectivity index (χ2v) is 7.21. The molecule has 1 aliphatic heterocycles. The smallest absolute Gasteiger partial charge is 0.383 e. The maximum absolute atomic E-state index is 13.6. The lowest BCUT2D eigenvalue weighted by molar-refractivity contribution is -0.137. The highest BCUT2D eigenvalue weighted by molar-refractivity contribution is 6.13. The first-order chi connectivity index (χ1) is 14.2. The largest absolute Gasteiger partial charge is 0.418 e. The fourth-order valence-electron chi connectivity index (χ4n) is 3.50. The molecule has 2 unspecified atom stereocenters. The van der Waals surface area contributed by atoms with Crippen molar-refractivity contribution in [3.8, 4) is 0 Å². The number of rotatable bonds is 7. The molecule has 0 fully saturated rings. The van der Waals surface area contributed by atoms with E-state index in [2.05, 4.69) is 15.6 Å². The third-order valence-corrected chi connectivity index (χ3v) is 5.08. The summed E-state index contributed by atoms with van der Waals surface area (Å²) in [5.74, 6) is -0.887. The van der Waals surface area contributed by atoms with Crippen LogP contribution in [0.5, 0.6) is 0 Å². The zero-order valence-corrected chi connectivity index (χ0v) is 17.0. The number of nitrogens with one attached hydrogen (secondary N) is 2. The van der Waals surface area contributed by atoms with Crippen LogP contribution in [0, 0.1) is 6.92 Å². The number of carbonyl (C=O) groups is 1. The van der Waals surface area contributed by atoms with E-state index in [-0.39, 0.29) is 23.3 Å². The molecule has 1 amide bonds. The van der Waals surface area contributed by atoms with Crippen LogP contribution < -0.4 is 10.6 Å². The fourth-order valence-corrected chi connectivity index (χ4v) is 3.50. The number of fused-ring (bicyclic) bond motifs is 1. The van der Waals surface area contributed by atoms with Crippen molar-refractivity contribution in [3.05, 3.63) is 53.1 Å². The minimum Gasteiger partial charge on any atom is -0.383 e. The molecule has 3 rings (SSSR count). The minimum absolute atomic E-state index is 0.0230. The zero-order chi connectivity index (χ0) is 21.9. The number of ether oxygens (including phenoxy) is 1. The summed E-state index contributed by atoms with van der Waals surface area (Å²) in [5, 5.41) is 5.67. The topological polar surface area (TPSA) is 62.7 Å². The van der Waals surface area contributed by atoms with E-state index in [0.717, 1.165) is 17.2 Å². The summed E-state index contributed by atoms with van der Waals surface area (Å²) in [6, 6.07) is 9.12. The van der Waals surface area contributed by atoms with Gasteiger partial charge in [0.2, 0.25) is 5.91 Å². The van der Waals surface area contributed by atoms with Crippen molar-refractivity contribution < 1.29 is 22.7 Å². The molecule has 0 aliphatic carbocycles. The molecule has 0 radical (unpaired) electrons. The van der Waals surface area contributed by atoms with Crippen molar-refractivity contribution in [2.45, 2.75) is 38.4 Å². The lowest BCUT2D eigenvalue weighted by Gasteiger charge is -2.21. The third kappa shape index (κ3) is 4.64. The van der Waals surface area contributed by atoms with Crippen molar-refractivity contribution in [1.29, 1.82) is 0 Å². The molecule has 160 valence electrons. The first-order valence-corrected chi connectivity index (χ1v) is 9.65. The van der Waals surface area contributed by atoms with E-state index in [1.165, 1.54) is 25.5 Å². The van der Waals surface area contributed by atoms with Crippen LogP contribution >= 0.6 is 0 Å². The summed E-state index contributed by atoms with van der Waals surface area (Å²) in [5.41, 5.74) is 1.72. The van der Waals surface area contributed by atoms with E-state index in [9.17, 15) is 18.0 Å². The molecule has 5 nitrogen and oxygen atoms in total. The van der Waals surface area contributed by atoms with Crippen molar-refractivity contribution in [2.24, 2.45) is 4.99 Å². The zero-order valence-electron chi connectivity index (χ0n) is 17.0. The van der Waals surface area contributed by atoms with Crippen molar-refractivity contribution in [1.82, 2.24) is 0 Å². The molecule has 0 bridgehead atoms. The van der Waals surface area contributed by atoms with Crippen LogP contribution in [-0.2, 0) is 15.7 Å². The average molecular weight is 419 g/mol. The van der Waals surface area contributed by atoms with Gasteiger partial charge in [0.1, 0.15) is 5.92 Å². The lowest BCUT2D eigenvalue weighted by Crippen LogP contribution is -2.25. The number of carbonyl (C=O) groups excluding carboxylic acids is 1. The van der Waals surface area contributed by atoms with Crippen LogP contribution in [-0.4, -0.2) is 31.9 Å². The van der Waals surface area contributed by atoms with Gasteiger partial charge in [0, 0.05) is 30.7 Å². The second-order valence-electron chi connectivity index (χ2n) is 7.21. The van der Waals surface area contributed by atoms with Gasteiger partial charge in [0.15, 0.2) is 0 Å². The molecule has 2 atom stereocenters.